The SMILES string of the molecule is CCC(=O)OCCC(C#N)S(=O)(=O)CCC(F)(F)F. The summed E-state index contributed by atoms with van der Waals surface area (Å²) in [7, 11) is -4.18. The Morgan fingerprint density at radius 1 is 1.42 bits per heavy atom. The quantitative estimate of drug-likeness (QED) is 0.667. The van der Waals surface area contributed by atoms with E-state index < -0.39 is 39.4 Å². The molecule has 0 saturated heterocycles. The summed E-state index contributed by atoms with van der Waals surface area (Å²) >= 11 is 0. The van der Waals surface area contributed by atoms with Gasteiger partial charge in [0.25, 0.3) is 0 Å². The minimum Gasteiger partial charge on any atom is -0.466 e. The molecule has 0 aliphatic rings. The summed E-state index contributed by atoms with van der Waals surface area (Å²) in [6, 6.07) is 1.42. The van der Waals surface area contributed by atoms with Gasteiger partial charge in [-0.15, -0.1) is 0 Å². The van der Waals surface area contributed by atoms with Gasteiger partial charge in [-0.1, -0.05) is 6.92 Å². The van der Waals surface area contributed by atoms with E-state index in [2.05, 4.69) is 4.74 Å². The van der Waals surface area contributed by atoms with Crippen molar-refractivity contribution in [2.24, 2.45) is 0 Å². The van der Waals surface area contributed by atoms with Gasteiger partial charge in [-0.25, -0.2) is 8.42 Å². The van der Waals surface area contributed by atoms with Gasteiger partial charge in [0.15, 0.2) is 15.1 Å². The van der Waals surface area contributed by atoms with Crippen LogP contribution in [0, 0.1) is 11.3 Å². The van der Waals surface area contributed by atoms with Crippen molar-refractivity contribution < 1.29 is 31.1 Å². The van der Waals surface area contributed by atoms with Gasteiger partial charge < -0.3 is 4.74 Å². The molecule has 9 heteroatoms. The van der Waals surface area contributed by atoms with Crippen molar-refractivity contribution >= 4 is 15.8 Å². The lowest BCUT2D eigenvalue weighted by Crippen LogP contribution is -2.27. The molecule has 0 saturated carbocycles. The summed E-state index contributed by atoms with van der Waals surface area (Å²) in [6.45, 7) is 1.22. The molecule has 0 aromatic carbocycles. The number of esters is 1. The first-order valence-electron chi connectivity index (χ1n) is 5.46. The first-order valence-corrected chi connectivity index (χ1v) is 7.17. The second-order valence-corrected chi connectivity index (χ2v) is 6.02. The van der Waals surface area contributed by atoms with Gasteiger partial charge >= 0.3 is 12.1 Å². The second-order valence-electron chi connectivity index (χ2n) is 3.71. The van der Waals surface area contributed by atoms with Gasteiger partial charge in [-0.05, 0) is 0 Å². The van der Waals surface area contributed by atoms with E-state index in [1.54, 1.807) is 0 Å². The number of rotatable bonds is 7. The Hall–Kier alpha value is -1.30. The number of nitriles is 1. The van der Waals surface area contributed by atoms with Gasteiger partial charge in [0.05, 0.1) is 24.8 Å². The molecule has 0 aromatic heterocycles. The maximum Gasteiger partial charge on any atom is 0.390 e. The zero-order valence-electron chi connectivity index (χ0n) is 10.2. The summed E-state index contributed by atoms with van der Waals surface area (Å²) < 4.78 is 63.4. The van der Waals surface area contributed by atoms with Crippen molar-refractivity contribution in [2.75, 3.05) is 12.4 Å². The van der Waals surface area contributed by atoms with Gasteiger partial charge in [-0.2, -0.15) is 18.4 Å². The summed E-state index contributed by atoms with van der Waals surface area (Å²) in [6.07, 6.45) is -6.33. The fourth-order valence-electron chi connectivity index (χ4n) is 1.11. The van der Waals surface area contributed by atoms with Crippen LogP contribution in [0.2, 0.25) is 0 Å². The molecule has 0 spiro atoms. The third-order valence-electron chi connectivity index (χ3n) is 2.18. The molecule has 0 rings (SSSR count). The Bertz CT molecular complexity index is 439. The average Bonchev–Trinajstić information content (AvgIpc) is 2.30. The molecular weight excluding hydrogens is 287 g/mol. The normalized spacial score (nSPS) is 13.6. The average molecular weight is 301 g/mol. The van der Waals surface area contributed by atoms with E-state index in [-0.39, 0.29) is 19.4 Å². The third-order valence-corrected chi connectivity index (χ3v) is 4.16. The van der Waals surface area contributed by atoms with Crippen LogP contribution in [0.15, 0.2) is 0 Å². The van der Waals surface area contributed by atoms with Crippen LogP contribution in [0.5, 0.6) is 0 Å². The third kappa shape index (κ3) is 7.66. The molecule has 0 bridgehead atoms. The predicted octanol–water partition coefficient (Wildman–Crippen LogP) is 1.59. The highest BCUT2D eigenvalue weighted by Crippen LogP contribution is 2.21. The number of hydrogen-bond acceptors (Lipinski definition) is 5. The molecule has 1 atom stereocenters. The molecule has 0 amide bonds. The molecule has 0 N–H and O–H groups in total. The summed E-state index contributed by atoms with van der Waals surface area (Å²) in [5, 5.41) is 7.06. The first-order chi connectivity index (χ1) is 8.62. The fraction of sp³-hybridized carbons (Fsp3) is 0.800. The number of ether oxygens (including phenoxy) is 1. The van der Waals surface area contributed by atoms with Crippen LogP contribution in [0.25, 0.3) is 0 Å². The molecule has 0 fully saturated rings. The smallest absolute Gasteiger partial charge is 0.390 e. The highest BCUT2D eigenvalue weighted by molar-refractivity contribution is 7.92. The van der Waals surface area contributed by atoms with E-state index in [1.165, 1.54) is 13.0 Å². The maximum absolute atomic E-state index is 11.9. The van der Waals surface area contributed by atoms with Gasteiger partial charge in [0, 0.05) is 12.8 Å². The predicted molar refractivity (Wildman–Crippen MR) is 59.7 cm³/mol. The topological polar surface area (TPSA) is 84.2 Å². The summed E-state index contributed by atoms with van der Waals surface area (Å²) in [5.74, 6) is -1.71. The molecule has 1 unspecified atom stereocenters. The van der Waals surface area contributed by atoms with Crippen molar-refractivity contribution in [1.82, 2.24) is 0 Å². The Morgan fingerprint density at radius 2 is 2.00 bits per heavy atom. The van der Waals surface area contributed by atoms with Crippen molar-refractivity contribution in [1.29, 1.82) is 5.26 Å². The first kappa shape index (κ1) is 17.7. The molecule has 0 aliphatic carbocycles. The Morgan fingerprint density at radius 3 is 2.42 bits per heavy atom. The lowest BCUT2D eigenvalue weighted by atomic mass is 10.3. The van der Waals surface area contributed by atoms with E-state index in [1.807, 2.05) is 0 Å². The second kappa shape index (κ2) is 7.33. The van der Waals surface area contributed by atoms with Crippen LogP contribution in [0.3, 0.4) is 0 Å². The highest BCUT2D eigenvalue weighted by atomic mass is 32.2. The highest BCUT2D eigenvalue weighted by Gasteiger charge is 2.33. The molecule has 110 valence electrons. The van der Waals surface area contributed by atoms with Crippen LogP contribution >= 0.6 is 0 Å². The lowest BCUT2D eigenvalue weighted by Gasteiger charge is -2.12. The zero-order chi connectivity index (χ0) is 15.1. The molecule has 0 aromatic rings. The van der Waals surface area contributed by atoms with Crippen LogP contribution in [0.1, 0.15) is 26.2 Å². The molecule has 0 radical (unpaired) electrons. The number of hydrogen-bond donors (Lipinski definition) is 0. The van der Waals surface area contributed by atoms with E-state index >= 15 is 0 Å². The number of alkyl halides is 3. The minimum absolute atomic E-state index is 0.0953. The van der Waals surface area contributed by atoms with Crippen LogP contribution in [-0.4, -0.2) is 38.2 Å². The van der Waals surface area contributed by atoms with Crippen LogP contribution in [-0.2, 0) is 19.4 Å². The van der Waals surface area contributed by atoms with Gasteiger partial charge in [-0.3, -0.25) is 4.79 Å². The Kier molecular flexibility index (Phi) is 6.83. The molecule has 5 nitrogen and oxygen atoms in total. The van der Waals surface area contributed by atoms with Crippen molar-refractivity contribution in [3.05, 3.63) is 0 Å². The summed E-state index contributed by atoms with van der Waals surface area (Å²) in [4.78, 5) is 10.8. The Labute approximate surface area is 109 Å². The van der Waals surface area contributed by atoms with Crippen molar-refractivity contribution in [3.8, 4) is 6.07 Å². The number of carbonyl (C=O) groups is 1. The maximum atomic E-state index is 11.9. The number of halogens is 3. The van der Waals surface area contributed by atoms with Gasteiger partial charge in [0.2, 0.25) is 0 Å². The molecule has 0 heterocycles. The van der Waals surface area contributed by atoms with Gasteiger partial charge in [0.1, 0.15) is 0 Å². The fourth-order valence-corrected chi connectivity index (χ4v) is 2.52. The molecular formula is C10H14F3NO4S. The standard InChI is InChI=1S/C10H14F3NO4S/c1-2-9(15)18-5-3-8(7-14)19(16,17)6-4-10(11,12)13/h8H,2-6H2,1H3. The van der Waals surface area contributed by atoms with Crippen molar-refractivity contribution in [3.63, 3.8) is 0 Å². The largest absolute Gasteiger partial charge is 0.466 e. The summed E-state index contributed by atoms with van der Waals surface area (Å²) in [5.41, 5.74) is 0. The van der Waals surface area contributed by atoms with E-state index in [0.717, 1.165) is 0 Å². The zero-order valence-corrected chi connectivity index (χ0v) is 11.1. The van der Waals surface area contributed by atoms with E-state index in [0.29, 0.717) is 0 Å². The number of carbonyl (C=O) groups excluding carboxylic acids is 1. The molecule has 0 aliphatic heterocycles. The number of sulfone groups is 1. The number of nitrogens with zero attached hydrogens (tertiary/aromatic N) is 1. The van der Waals surface area contributed by atoms with E-state index in [4.69, 9.17) is 5.26 Å². The lowest BCUT2D eigenvalue weighted by molar-refractivity contribution is -0.143. The van der Waals surface area contributed by atoms with Crippen molar-refractivity contribution in [2.45, 2.75) is 37.6 Å². The molecule has 19 heavy (non-hydrogen) atoms. The minimum atomic E-state index is -4.60. The van der Waals surface area contributed by atoms with Crippen LogP contribution < -0.4 is 0 Å². The van der Waals surface area contributed by atoms with Crippen LogP contribution in [0.4, 0.5) is 13.2 Å². The Balaban J connectivity index is 4.43. The van der Waals surface area contributed by atoms with E-state index in [9.17, 15) is 26.4 Å². The monoisotopic (exact) mass is 301 g/mol.